The molecule has 0 saturated heterocycles. The van der Waals surface area contributed by atoms with Gasteiger partial charge in [0.2, 0.25) is 0 Å². The van der Waals surface area contributed by atoms with E-state index in [1.807, 2.05) is 0 Å². The first-order valence-electron chi connectivity index (χ1n) is 9.75. The van der Waals surface area contributed by atoms with Crippen LogP contribution < -0.4 is 5.32 Å². The number of hydrogen-bond acceptors (Lipinski definition) is 5. The van der Waals surface area contributed by atoms with Crippen molar-refractivity contribution in [3.05, 3.63) is 74.1 Å². The van der Waals surface area contributed by atoms with Crippen LogP contribution in [0.15, 0.2) is 47.2 Å². The lowest BCUT2D eigenvalue weighted by Crippen LogP contribution is -2.45. The lowest BCUT2D eigenvalue weighted by molar-refractivity contribution is 0.0193. The van der Waals surface area contributed by atoms with Gasteiger partial charge in [0.1, 0.15) is 5.69 Å². The van der Waals surface area contributed by atoms with Crippen LogP contribution in [0.25, 0.3) is 5.82 Å². The zero-order valence-corrected chi connectivity index (χ0v) is 21.7. The third kappa shape index (κ3) is 5.19. The summed E-state index contributed by atoms with van der Waals surface area (Å²) in [5.41, 5.74) is 1.09. The number of aromatic nitrogens is 2. The number of nitrogens with one attached hydrogen (secondary N) is 1. The van der Waals surface area contributed by atoms with Crippen molar-refractivity contribution in [2.75, 3.05) is 26.5 Å². The first-order chi connectivity index (χ1) is 16.0. The average Bonchev–Trinajstić information content (AvgIpc) is 3.20. The van der Waals surface area contributed by atoms with Gasteiger partial charge < -0.3 is 10.1 Å². The molecular formula is C22H20BrCl2N5O4. The Kier molecular flexibility index (Phi) is 7.86. The molecule has 3 aromatic rings. The van der Waals surface area contributed by atoms with Crippen molar-refractivity contribution >= 4 is 62.7 Å². The number of amides is 3. The fourth-order valence-electron chi connectivity index (χ4n) is 3.16. The Morgan fingerprint density at radius 1 is 1.15 bits per heavy atom. The molecule has 1 aromatic carbocycles. The van der Waals surface area contributed by atoms with Crippen molar-refractivity contribution in [1.82, 2.24) is 19.6 Å². The molecule has 0 bridgehead atoms. The summed E-state index contributed by atoms with van der Waals surface area (Å²) in [5.74, 6) is -0.738. The molecule has 0 aliphatic rings. The molecule has 0 fully saturated rings. The number of pyridine rings is 1. The molecule has 0 unspecified atom stereocenters. The topological polar surface area (TPSA) is 96.8 Å². The summed E-state index contributed by atoms with van der Waals surface area (Å²) in [7, 11) is 3.97. The maximum absolute atomic E-state index is 13.3. The van der Waals surface area contributed by atoms with Gasteiger partial charge in [0.15, 0.2) is 5.82 Å². The number of anilines is 1. The van der Waals surface area contributed by atoms with Crippen LogP contribution >= 0.6 is 39.1 Å². The molecule has 12 heteroatoms. The van der Waals surface area contributed by atoms with Crippen LogP contribution in [-0.2, 0) is 4.74 Å². The van der Waals surface area contributed by atoms with Gasteiger partial charge in [0.25, 0.3) is 11.8 Å². The maximum atomic E-state index is 13.3. The van der Waals surface area contributed by atoms with Gasteiger partial charge in [-0.05, 0) is 58.7 Å². The molecule has 0 saturated carbocycles. The Hall–Kier alpha value is -3.08. The first-order valence-corrected chi connectivity index (χ1v) is 11.3. The quantitative estimate of drug-likeness (QED) is 0.437. The van der Waals surface area contributed by atoms with Crippen molar-refractivity contribution in [3.63, 3.8) is 0 Å². The number of benzene rings is 1. The third-order valence-electron chi connectivity index (χ3n) is 4.94. The minimum Gasteiger partial charge on any atom is -0.452 e. The Morgan fingerprint density at radius 3 is 2.50 bits per heavy atom. The van der Waals surface area contributed by atoms with Gasteiger partial charge in [-0.3, -0.25) is 14.2 Å². The number of carbonyl (C=O) groups is 3. The number of aryl methyl sites for hydroxylation is 1. The highest BCUT2D eigenvalue weighted by molar-refractivity contribution is 9.10. The SMILES string of the molecule is COC(=O)N(C)N(C)C(=O)c1cc(Cl)cc(C)c1NC(=O)c1cc(Br)cn1-c1ncccc1Cl. The molecule has 0 aliphatic heterocycles. The van der Waals surface area contributed by atoms with E-state index >= 15 is 0 Å². The van der Waals surface area contributed by atoms with Crippen LogP contribution in [0.4, 0.5) is 10.5 Å². The Balaban J connectivity index is 2.02. The molecule has 9 nitrogen and oxygen atoms in total. The molecule has 178 valence electrons. The van der Waals surface area contributed by atoms with Gasteiger partial charge in [0, 0.05) is 36.0 Å². The van der Waals surface area contributed by atoms with E-state index in [1.165, 1.54) is 31.8 Å². The van der Waals surface area contributed by atoms with E-state index in [0.717, 1.165) is 10.0 Å². The summed E-state index contributed by atoms with van der Waals surface area (Å²) in [6, 6.07) is 7.97. The van der Waals surface area contributed by atoms with Crippen LogP contribution in [0.2, 0.25) is 10.0 Å². The zero-order valence-electron chi connectivity index (χ0n) is 18.6. The van der Waals surface area contributed by atoms with Crippen molar-refractivity contribution in [2.45, 2.75) is 6.92 Å². The monoisotopic (exact) mass is 567 g/mol. The van der Waals surface area contributed by atoms with Crippen LogP contribution in [0.5, 0.6) is 0 Å². The summed E-state index contributed by atoms with van der Waals surface area (Å²) >= 11 is 15.9. The fraction of sp³-hybridized carbons (Fsp3) is 0.182. The molecule has 3 rings (SSSR count). The summed E-state index contributed by atoms with van der Waals surface area (Å²) in [6.45, 7) is 1.70. The van der Waals surface area contributed by atoms with Gasteiger partial charge in [-0.1, -0.05) is 23.2 Å². The molecule has 0 aliphatic carbocycles. The highest BCUT2D eigenvalue weighted by atomic mass is 79.9. The molecule has 3 amide bonds. The molecule has 34 heavy (non-hydrogen) atoms. The van der Waals surface area contributed by atoms with E-state index in [-0.39, 0.29) is 16.9 Å². The molecule has 0 atom stereocenters. The third-order valence-corrected chi connectivity index (χ3v) is 5.89. The maximum Gasteiger partial charge on any atom is 0.428 e. The number of ether oxygens (including phenoxy) is 1. The second-order valence-corrected chi connectivity index (χ2v) is 8.90. The van der Waals surface area contributed by atoms with E-state index in [4.69, 9.17) is 23.2 Å². The smallest absolute Gasteiger partial charge is 0.428 e. The van der Waals surface area contributed by atoms with E-state index in [2.05, 4.69) is 31.0 Å². The van der Waals surface area contributed by atoms with E-state index in [1.54, 1.807) is 43.6 Å². The molecule has 0 spiro atoms. The molecule has 1 N–H and O–H groups in total. The fourth-order valence-corrected chi connectivity index (χ4v) is 4.06. The normalized spacial score (nSPS) is 10.6. The van der Waals surface area contributed by atoms with Crippen molar-refractivity contribution < 1.29 is 19.1 Å². The number of nitrogens with zero attached hydrogens (tertiary/aromatic N) is 4. The predicted octanol–water partition coefficient (Wildman–Crippen LogP) is 5.19. The molecule has 0 radical (unpaired) electrons. The van der Waals surface area contributed by atoms with Gasteiger partial charge in [-0.25, -0.2) is 19.8 Å². The van der Waals surface area contributed by atoms with Crippen molar-refractivity contribution in [3.8, 4) is 5.82 Å². The Labute approximate surface area is 214 Å². The lowest BCUT2D eigenvalue weighted by Gasteiger charge is -2.28. The van der Waals surface area contributed by atoms with Gasteiger partial charge in [-0.2, -0.15) is 0 Å². The highest BCUT2D eigenvalue weighted by Gasteiger charge is 2.26. The average molecular weight is 569 g/mol. The number of methoxy groups -OCH3 is 1. The minimum absolute atomic E-state index is 0.0876. The Bertz CT molecular complexity index is 1280. The van der Waals surface area contributed by atoms with Crippen molar-refractivity contribution in [1.29, 1.82) is 0 Å². The Morgan fingerprint density at radius 2 is 1.85 bits per heavy atom. The summed E-state index contributed by atoms with van der Waals surface area (Å²) in [6.07, 6.45) is 2.48. The number of carbonyl (C=O) groups excluding carboxylic acids is 3. The van der Waals surface area contributed by atoms with Crippen LogP contribution in [-0.4, -0.2) is 58.7 Å². The van der Waals surface area contributed by atoms with Crippen molar-refractivity contribution in [2.24, 2.45) is 0 Å². The van der Waals surface area contributed by atoms with E-state index in [9.17, 15) is 14.4 Å². The standard InChI is InChI=1S/C22H20BrCl2N5O4/c1-12-8-14(24)10-15(21(32)28(2)29(3)22(33)34-4)18(12)27-20(31)17-9-13(23)11-30(17)19-16(25)6-5-7-26-19/h5-11H,1-4H3,(H,27,31). The summed E-state index contributed by atoms with van der Waals surface area (Å²) < 4.78 is 6.82. The lowest BCUT2D eigenvalue weighted by atomic mass is 10.1. The van der Waals surface area contributed by atoms with E-state index < -0.39 is 17.9 Å². The zero-order chi connectivity index (χ0) is 25.2. The van der Waals surface area contributed by atoms with Gasteiger partial charge >= 0.3 is 6.09 Å². The minimum atomic E-state index is -0.741. The van der Waals surface area contributed by atoms with Crippen LogP contribution in [0.1, 0.15) is 26.4 Å². The molecule has 2 heterocycles. The first kappa shape index (κ1) is 25.5. The highest BCUT2D eigenvalue weighted by Crippen LogP contribution is 2.29. The summed E-state index contributed by atoms with van der Waals surface area (Å²) in [5, 5.41) is 5.49. The molecule has 2 aromatic heterocycles. The largest absolute Gasteiger partial charge is 0.452 e. The number of hydrogen-bond donors (Lipinski definition) is 1. The number of rotatable bonds is 4. The predicted molar refractivity (Wildman–Crippen MR) is 133 cm³/mol. The van der Waals surface area contributed by atoms with Gasteiger partial charge in [-0.15, -0.1) is 0 Å². The van der Waals surface area contributed by atoms with E-state index in [0.29, 0.717) is 25.9 Å². The second-order valence-electron chi connectivity index (χ2n) is 7.14. The number of halogens is 3. The second kappa shape index (κ2) is 10.5. The van der Waals surface area contributed by atoms with Crippen LogP contribution in [0, 0.1) is 6.92 Å². The number of hydrazine groups is 1. The summed E-state index contributed by atoms with van der Waals surface area (Å²) in [4.78, 5) is 42.7. The molecular weight excluding hydrogens is 549 g/mol. The van der Waals surface area contributed by atoms with Crippen LogP contribution in [0.3, 0.4) is 0 Å². The van der Waals surface area contributed by atoms with Gasteiger partial charge in [0.05, 0.1) is 23.4 Å².